The van der Waals surface area contributed by atoms with E-state index >= 15 is 0 Å². The van der Waals surface area contributed by atoms with Crippen LogP contribution < -0.4 is 0 Å². The summed E-state index contributed by atoms with van der Waals surface area (Å²) < 4.78 is 1.54. The number of aromatic nitrogens is 4. The molecule has 2 heterocycles. The molecule has 0 unspecified atom stereocenters. The van der Waals surface area contributed by atoms with Crippen LogP contribution in [0.25, 0.3) is 0 Å². The van der Waals surface area contributed by atoms with Crippen molar-refractivity contribution in [2.24, 2.45) is 5.41 Å². The molecule has 1 atom stereocenters. The number of amides is 1. The molecule has 2 rings (SSSR count). The molecule has 0 aromatic carbocycles. The van der Waals surface area contributed by atoms with Crippen LogP contribution in [0, 0.1) is 5.41 Å². The Morgan fingerprint density at radius 2 is 2.16 bits per heavy atom. The van der Waals surface area contributed by atoms with Crippen LogP contribution in [-0.4, -0.2) is 54.8 Å². The van der Waals surface area contributed by atoms with E-state index < -0.39 is 5.60 Å². The molecule has 1 fully saturated rings. The molecule has 19 heavy (non-hydrogen) atoms. The molecule has 0 bridgehead atoms. The predicted molar refractivity (Wildman–Crippen MR) is 68.0 cm³/mol. The number of carbonyl (C=O) groups is 1. The van der Waals surface area contributed by atoms with Crippen LogP contribution in [-0.2, 0) is 11.3 Å². The van der Waals surface area contributed by atoms with E-state index in [-0.39, 0.29) is 11.3 Å². The SMILES string of the molecule is CC1(C)CN(C(=O)CCn2cnnn2)CC[C@@]1(C)O. The second-order valence-electron chi connectivity index (χ2n) is 6.05. The molecule has 0 aliphatic carbocycles. The number of carbonyl (C=O) groups excluding carboxylic acids is 1. The number of nitrogens with zero attached hydrogens (tertiary/aromatic N) is 5. The second kappa shape index (κ2) is 4.88. The minimum absolute atomic E-state index is 0.0825. The van der Waals surface area contributed by atoms with Gasteiger partial charge >= 0.3 is 0 Å². The average Bonchev–Trinajstić information content (AvgIpc) is 2.82. The number of likely N-dealkylation sites (tertiary alicyclic amines) is 1. The molecular weight excluding hydrogens is 246 g/mol. The highest BCUT2D eigenvalue weighted by molar-refractivity contribution is 5.76. The van der Waals surface area contributed by atoms with E-state index in [0.29, 0.717) is 32.5 Å². The lowest BCUT2D eigenvalue weighted by atomic mass is 9.71. The number of piperidine rings is 1. The molecule has 1 amide bonds. The van der Waals surface area contributed by atoms with Crippen molar-refractivity contribution in [2.75, 3.05) is 13.1 Å². The van der Waals surface area contributed by atoms with Gasteiger partial charge in [-0.2, -0.15) is 0 Å². The average molecular weight is 267 g/mol. The van der Waals surface area contributed by atoms with Gasteiger partial charge in [0.1, 0.15) is 6.33 Å². The third kappa shape index (κ3) is 2.91. The van der Waals surface area contributed by atoms with Crippen molar-refractivity contribution in [3.8, 4) is 0 Å². The van der Waals surface area contributed by atoms with Gasteiger partial charge in [-0.1, -0.05) is 13.8 Å². The monoisotopic (exact) mass is 267 g/mol. The molecule has 106 valence electrons. The summed E-state index contributed by atoms with van der Waals surface area (Å²) in [6.45, 7) is 7.50. The molecule has 1 aromatic rings. The Labute approximate surface area is 112 Å². The molecule has 0 radical (unpaired) electrons. The van der Waals surface area contributed by atoms with Crippen molar-refractivity contribution in [1.29, 1.82) is 0 Å². The van der Waals surface area contributed by atoms with Crippen LogP contribution in [0.1, 0.15) is 33.6 Å². The van der Waals surface area contributed by atoms with E-state index in [1.807, 2.05) is 25.7 Å². The van der Waals surface area contributed by atoms with E-state index in [4.69, 9.17) is 0 Å². The molecule has 1 saturated heterocycles. The van der Waals surface area contributed by atoms with Crippen molar-refractivity contribution >= 4 is 5.91 Å². The maximum Gasteiger partial charge on any atom is 0.224 e. The van der Waals surface area contributed by atoms with Crippen LogP contribution >= 0.6 is 0 Å². The van der Waals surface area contributed by atoms with Gasteiger partial charge < -0.3 is 10.0 Å². The van der Waals surface area contributed by atoms with Gasteiger partial charge in [-0.3, -0.25) is 4.79 Å². The lowest BCUT2D eigenvalue weighted by Crippen LogP contribution is -2.57. The third-order valence-electron chi connectivity index (χ3n) is 4.21. The summed E-state index contributed by atoms with van der Waals surface area (Å²) in [5, 5.41) is 21.1. The van der Waals surface area contributed by atoms with Gasteiger partial charge in [-0.05, 0) is 23.8 Å². The summed E-state index contributed by atoms with van der Waals surface area (Å²) in [6.07, 6.45) is 2.48. The highest BCUT2D eigenvalue weighted by Crippen LogP contribution is 2.38. The van der Waals surface area contributed by atoms with E-state index in [2.05, 4.69) is 15.5 Å². The van der Waals surface area contributed by atoms with Crippen molar-refractivity contribution in [2.45, 2.75) is 45.8 Å². The molecule has 7 nitrogen and oxygen atoms in total. The zero-order valence-corrected chi connectivity index (χ0v) is 11.7. The Kier molecular flexibility index (Phi) is 3.58. The standard InChI is InChI=1S/C12H21N5O2/c1-11(2)8-16(7-5-12(11,3)19)10(18)4-6-17-9-13-14-15-17/h9,19H,4-8H2,1-3H3/t12-/m1/s1. The van der Waals surface area contributed by atoms with Crippen molar-refractivity contribution < 1.29 is 9.90 Å². The number of aliphatic hydroxyl groups is 1. The van der Waals surface area contributed by atoms with Crippen LogP contribution in [0.3, 0.4) is 0 Å². The zero-order valence-electron chi connectivity index (χ0n) is 11.7. The molecule has 1 aliphatic heterocycles. The van der Waals surface area contributed by atoms with E-state index in [1.165, 1.54) is 6.33 Å². The van der Waals surface area contributed by atoms with Gasteiger partial charge in [0.15, 0.2) is 0 Å². The van der Waals surface area contributed by atoms with Crippen LogP contribution in [0.4, 0.5) is 0 Å². The fourth-order valence-electron chi connectivity index (χ4n) is 2.28. The Morgan fingerprint density at radius 3 is 2.74 bits per heavy atom. The fourth-order valence-corrected chi connectivity index (χ4v) is 2.28. The van der Waals surface area contributed by atoms with Gasteiger partial charge in [0.25, 0.3) is 0 Å². The molecule has 1 aliphatic rings. The number of hydrogen-bond donors (Lipinski definition) is 1. The lowest BCUT2D eigenvalue weighted by molar-refractivity contribution is -0.147. The normalized spacial score (nSPS) is 26.4. The summed E-state index contributed by atoms with van der Waals surface area (Å²) in [6, 6.07) is 0. The third-order valence-corrected chi connectivity index (χ3v) is 4.21. The first-order valence-corrected chi connectivity index (χ1v) is 6.53. The first-order valence-electron chi connectivity index (χ1n) is 6.53. The van der Waals surface area contributed by atoms with Crippen molar-refractivity contribution in [1.82, 2.24) is 25.1 Å². The van der Waals surface area contributed by atoms with E-state index in [1.54, 1.807) is 4.68 Å². The summed E-state index contributed by atoms with van der Waals surface area (Å²) in [5.74, 6) is 0.0825. The maximum absolute atomic E-state index is 12.2. The summed E-state index contributed by atoms with van der Waals surface area (Å²) >= 11 is 0. The quantitative estimate of drug-likeness (QED) is 0.838. The fraction of sp³-hybridized carbons (Fsp3) is 0.833. The van der Waals surface area contributed by atoms with Crippen molar-refractivity contribution in [3.63, 3.8) is 0 Å². The second-order valence-corrected chi connectivity index (χ2v) is 6.05. The minimum Gasteiger partial charge on any atom is -0.389 e. The van der Waals surface area contributed by atoms with E-state index in [0.717, 1.165) is 0 Å². The predicted octanol–water partition coefficient (Wildman–Crippen LogP) is 0.0727. The summed E-state index contributed by atoms with van der Waals surface area (Å²) in [4.78, 5) is 14.0. The number of aryl methyl sites for hydroxylation is 1. The Morgan fingerprint density at radius 1 is 1.42 bits per heavy atom. The molecule has 0 saturated carbocycles. The molecule has 0 spiro atoms. The topological polar surface area (TPSA) is 84.1 Å². The smallest absolute Gasteiger partial charge is 0.224 e. The van der Waals surface area contributed by atoms with Gasteiger partial charge in [0.2, 0.25) is 5.91 Å². The summed E-state index contributed by atoms with van der Waals surface area (Å²) in [7, 11) is 0. The maximum atomic E-state index is 12.2. The van der Waals surface area contributed by atoms with Gasteiger partial charge in [-0.15, -0.1) is 5.10 Å². The lowest BCUT2D eigenvalue weighted by Gasteiger charge is -2.48. The van der Waals surface area contributed by atoms with Crippen LogP contribution in [0.5, 0.6) is 0 Å². The Hall–Kier alpha value is -1.50. The van der Waals surface area contributed by atoms with Crippen LogP contribution in [0.2, 0.25) is 0 Å². The highest BCUT2D eigenvalue weighted by atomic mass is 16.3. The summed E-state index contributed by atoms with van der Waals surface area (Å²) in [5.41, 5.74) is -1.02. The molecule has 7 heteroatoms. The minimum atomic E-state index is -0.723. The number of hydrogen-bond acceptors (Lipinski definition) is 5. The van der Waals surface area contributed by atoms with Gasteiger partial charge in [-0.25, -0.2) is 4.68 Å². The van der Waals surface area contributed by atoms with E-state index in [9.17, 15) is 9.90 Å². The number of tetrazole rings is 1. The largest absolute Gasteiger partial charge is 0.389 e. The molecule has 1 N–H and O–H groups in total. The first-order chi connectivity index (χ1) is 8.82. The zero-order chi connectivity index (χ0) is 14.1. The van der Waals surface area contributed by atoms with Crippen LogP contribution in [0.15, 0.2) is 6.33 Å². The van der Waals surface area contributed by atoms with Crippen molar-refractivity contribution in [3.05, 3.63) is 6.33 Å². The number of rotatable bonds is 3. The Balaban J connectivity index is 1.90. The highest BCUT2D eigenvalue weighted by Gasteiger charge is 2.44. The first kappa shape index (κ1) is 13.9. The Bertz CT molecular complexity index is 441. The van der Waals surface area contributed by atoms with Gasteiger partial charge in [0.05, 0.1) is 12.1 Å². The molecule has 1 aromatic heterocycles. The van der Waals surface area contributed by atoms with Gasteiger partial charge in [0, 0.05) is 24.9 Å². The molecular formula is C12H21N5O2.